The fourth-order valence-corrected chi connectivity index (χ4v) is 4.67. The maximum Gasteiger partial charge on any atom is 0.340 e. The Labute approximate surface area is 203 Å². The van der Waals surface area contributed by atoms with Crippen molar-refractivity contribution >= 4 is 35.8 Å². The molecule has 2 aliphatic heterocycles. The molecule has 0 aromatic heterocycles. The molecule has 2 bridgehead atoms. The van der Waals surface area contributed by atoms with Crippen molar-refractivity contribution in [2.24, 2.45) is 5.41 Å². The minimum absolute atomic E-state index is 0.447. The van der Waals surface area contributed by atoms with E-state index in [0.29, 0.717) is 0 Å². The fraction of sp³-hybridized carbons (Fsp3) is 0.455. The van der Waals surface area contributed by atoms with Crippen LogP contribution in [0.2, 0.25) is 0 Å². The van der Waals surface area contributed by atoms with E-state index in [4.69, 9.17) is 37.9 Å². The van der Waals surface area contributed by atoms with Crippen LogP contribution in [-0.4, -0.2) is 97.5 Å². The Hall–Kier alpha value is -4.04. The second-order valence-corrected chi connectivity index (χ2v) is 7.35. The molecule has 0 spiro atoms. The van der Waals surface area contributed by atoms with Gasteiger partial charge in [-0.05, 0) is 0 Å². The quantitative estimate of drug-likeness (QED) is 0.277. The molecule has 0 N–H and O–H groups in total. The normalized spacial score (nSPS) is 23.2. The van der Waals surface area contributed by atoms with Gasteiger partial charge in [-0.2, -0.15) is 0 Å². The zero-order valence-electron chi connectivity index (χ0n) is 20.3. The maximum absolute atomic E-state index is 13.3. The summed E-state index contributed by atoms with van der Waals surface area (Å²) in [4.78, 5) is 77.5. The predicted molar refractivity (Wildman–Crippen MR) is 110 cm³/mol. The third kappa shape index (κ3) is 3.10. The van der Waals surface area contributed by atoms with Crippen LogP contribution in [0.1, 0.15) is 0 Å². The van der Waals surface area contributed by atoms with E-state index in [-0.39, 0.29) is 0 Å². The Morgan fingerprint density at radius 2 is 1.00 bits per heavy atom. The van der Waals surface area contributed by atoms with Gasteiger partial charge < -0.3 is 37.9 Å². The lowest BCUT2D eigenvalue weighted by molar-refractivity contribution is -0.171. The molecule has 2 atom stereocenters. The molecule has 0 aromatic carbocycles. The van der Waals surface area contributed by atoms with Crippen molar-refractivity contribution in [2.45, 2.75) is 11.9 Å². The molecule has 0 amide bonds. The maximum atomic E-state index is 13.3. The minimum Gasteiger partial charge on any atom is -0.468 e. The number of hydrogen-bond donors (Lipinski definition) is 0. The van der Waals surface area contributed by atoms with E-state index >= 15 is 0 Å². The molecule has 0 unspecified atom stereocenters. The number of ether oxygens (including phenoxy) is 8. The molecule has 3 rings (SSSR count). The Morgan fingerprint density at radius 1 is 0.583 bits per heavy atom. The van der Waals surface area contributed by atoms with E-state index in [9.17, 15) is 28.8 Å². The van der Waals surface area contributed by atoms with E-state index in [0.717, 1.165) is 49.8 Å². The molecule has 0 saturated carbocycles. The number of fused-ring (bicyclic) bond motifs is 2. The van der Waals surface area contributed by atoms with Gasteiger partial charge in [0, 0.05) is 12.7 Å². The summed E-state index contributed by atoms with van der Waals surface area (Å²) in [6.07, 6.45) is -1.73. The van der Waals surface area contributed by atoms with Gasteiger partial charge in [0.05, 0.1) is 59.4 Å². The summed E-state index contributed by atoms with van der Waals surface area (Å²) >= 11 is 0. The monoisotopic (exact) mass is 510 g/mol. The highest BCUT2D eigenvalue weighted by molar-refractivity contribution is 6.24. The first kappa shape index (κ1) is 26.6. The van der Waals surface area contributed by atoms with Gasteiger partial charge in [-0.15, -0.1) is 0 Å². The highest BCUT2D eigenvalue weighted by Crippen LogP contribution is 2.67. The molecule has 0 radical (unpaired) electrons. The van der Waals surface area contributed by atoms with Crippen LogP contribution >= 0.6 is 0 Å². The molecule has 194 valence electrons. The molecule has 3 aliphatic rings. The number of rotatable bonds is 8. The minimum atomic E-state index is -2.45. The third-order valence-electron chi connectivity index (χ3n) is 6.09. The van der Waals surface area contributed by atoms with Gasteiger partial charge in [0.1, 0.15) is 17.3 Å². The van der Waals surface area contributed by atoms with Crippen molar-refractivity contribution in [3.05, 3.63) is 33.4 Å². The predicted octanol–water partition coefficient (Wildman–Crippen LogP) is -1.33. The Balaban J connectivity index is 2.49. The molecule has 14 nitrogen and oxygen atoms in total. The molecule has 0 aromatic rings. The lowest BCUT2D eigenvalue weighted by Gasteiger charge is -2.30. The van der Waals surface area contributed by atoms with E-state index in [1.807, 2.05) is 0 Å². The van der Waals surface area contributed by atoms with E-state index in [2.05, 4.69) is 0 Å². The SMILES string of the molecule is COC(=O)C1=C(C(=O)OC)[C@@]2(OC)O[C@H]1C(C1(C(=O)OC)C(C(=O)OC)=C1C(=O)OC)=C2C(=O)OC. The van der Waals surface area contributed by atoms with Crippen LogP contribution in [-0.2, 0) is 66.7 Å². The lowest BCUT2D eigenvalue weighted by Crippen LogP contribution is -2.43. The first-order chi connectivity index (χ1) is 17.0. The molecule has 2 heterocycles. The van der Waals surface area contributed by atoms with Gasteiger partial charge in [-0.25, -0.2) is 24.0 Å². The van der Waals surface area contributed by atoms with E-state index in [1.54, 1.807) is 0 Å². The Morgan fingerprint density at radius 3 is 1.39 bits per heavy atom. The largest absolute Gasteiger partial charge is 0.468 e. The van der Waals surface area contributed by atoms with Crippen molar-refractivity contribution in [3.63, 3.8) is 0 Å². The average Bonchev–Trinajstić information content (AvgIpc) is 3.32. The third-order valence-corrected chi connectivity index (χ3v) is 6.09. The summed E-state index contributed by atoms with van der Waals surface area (Å²) in [6, 6.07) is 0. The van der Waals surface area contributed by atoms with Crippen LogP contribution in [0.15, 0.2) is 33.4 Å². The van der Waals surface area contributed by atoms with Gasteiger partial charge in [0.2, 0.25) is 5.79 Å². The van der Waals surface area contributed by atoms with Crippen LogP contribution in [0, 0.1) is 5.41 Å². The molecular weight excluding hydrogens is 488 g/mol. The van der Waals surface area contributed by atoms with Gasteiger partial charge in [0.15, 0.2) is 5.41 Å². The second kappa shape index (κ2) is 9.20. The zero-order chi connectivity index (χ0) is 27.2. The lowest BCUT2D eigenvalue weighted by atomic mass is 9.73. The zero-order valence-corrected chi connectivity index (χ0v) is 20.3. The number of hydrogen-bond acceptors (Lipinski definition) is 14. The molecule has 14 heteroatoms. The summed E-state index contributed by atoms with van der Waals surface area (Å²) in [5.74, 6) is -9.35. The Kier molecular flexibility index (Phi) is 6.79. The van der Waals surface area contributed by atoms with Crippen molar-refractivity contribution in [2.75, 3.05) is 49.8 Å². The average molecular weight is 510 g/mol. The summed E-state index contributed by atoms with van der Waals surface area (Å²) in [6.45, 7) is 0. The summed E-state index contributed by atoms with van der Waals surface area (Å²) in [5, 5.41) is 0. The molecule has 0 saturated heterocycles. The summed E-state index contributed by atoms with van der Waals surface area (Å²) in [5.41, 5.74) is -5.60. The van der Waals surface area contributed by atoms with Gasteiger partial charge >= 0.3 is 35.8 Å². The number of methoxy groups -OCH3 is 7. The van der Waals surface area contributed by atoms with Crippen molar-refractivity contribution in [1.29, 1.82) is 0 Å². The highest BCUT2D eigenvalue weighted by Gasteiger charge is 2.78. The van der Waals surface area contributed by atoms with Crippen molar-refractivity contribution in [1.82, 2.24) is 0 Å². The fourth-order valence-electron chi connectivity index (χ4n) is 4.67. The van der Waals surface area contributed by atoms with Crippen molar-refractivity contribution < 1.29 is 66.7 Å². The number of carbonyl (C=O) groups excluding carboxylic acids is 6. The highest BCUT2D eigenvalue weighted by atomic mass is 16.7. The summed E-state index contributed by atoms with van der Waals surface area (Å²) < 4.78 is 40.1. The van der Waals surface area contributed by atoms with E-state index in [1.165, 1.54) is 0 Å². The first-order valence-corrected chi connectivity index (χ1v) is 10.0. The van der Waals surface area contributed by atoms with Crippen LogP contribution in [0.5, 0.6) is 0 Å². The topological polar surface area (TPSA) is 176 Å². The molecule has 1 aliphatic carbocycles. The van der Waals surface area contributed by atoms with Gasteiger partial charge in [-0.3, -0.25) is 4.79 Å². The molecular formula is C22H22O14. The first-order valence-electron chi connectivity index (χ1n) is 10.0. The van der Waals surface area contributed by atoms with Crippen LogP contribution in [0.3, 0.4) is 0 Å². The standard InChI is InChI=1S/C22H22O14/c1-29-15(23)8-9(16(24)30-2)22(35-7)13(19(27)33-5)10(14(8)36-22)21(20(28)34-6)11(17(25)31-3)12(21)18(26)32-4/h14H,1-7H3/t14-,22-/m1/s1. The van der Waals surface area contributed by atoms with E-state index < -0.39 is 86.6 Å². The van der Waals surface area contributed by atoms with Crippen LogP contribution < -0.4 is 0 Å². The van der Waals surface area contributed by atoms with Gasteiger partial charge in [-0.1, -0.05) is 0 Å². The van der Waals surface area contributed by atoms with Gasteiger partial charge in [0.25, 0.3) is 0 Å². The van der Waals surface area contributed by atoms with Crippen LogP contribution in [0.4, 0.5) is 0 Å². The number of carbonyl (C=O) groups is 6. The smallest absolute Gasteiger partial charge is 0.340 e. The van der Waals surface area contributed by atoms with Crippen molar-refractivity contribution in [3.8, 4) is 0 Å². The second-order valence-electron chi connectivity index (χ2n) is 7.35. The molecule has 36 heavy (non-hydrogen) atoms. The van der Waals surface area contributed by atoms with Crippen LogP contribution in [0.25, 0.3) is 0 Å². The molecule has 0 fully saturated rings. The summed E-state index contributed by atoms with van der Waals surface area (Å²) in [7, 11) is 6.98. The Bertz CT molecular complexity index is 1160. The number of esters is 6.